The fourth-order valence-electron chi connectivity index (χ4n) is 4.07. The number of nitrogens with zero attached hydrogens (tertiary/aromatic N) is 5. The highest BCUT2D eigenvalue weighted by atomic mass is 19.1. The maximum Gasteiger partial charge on any atom is 0.270 e. The Hall–Kier alpha value is -3.73. The third-order valence-electron chi connectivity index (χ3n) is 5.72. The number of benzene rings is 1. The van der Waals surface area contributed by atoms with E-state index in [4.69, 9.17) is 11.0 Å². The largest absolute Gasteiger partial charge is 0.440 e. The molecule has 30 heavy (non-hydrogen) atoms. The lowest BCUT2D eigenvalue weighted by Crippen LogP contribution is -2.34. The van der Waals surface area contributed by atoms with E-state index in [1.165, 1.54) is 12.1 Å². The molecule has 0 amide bonds. The van der Waals surface area contributed by atoms with E-state index in [0.717, 1.165) is 18.5 Å². The predicted octanol–water partition coefficient (Wildman–Crippen LogP) is 4.15. The van der Waals surface area contributed by atoms with Gasteiger partial charge in [0.05, 0.1) is 11.2 Å². The zero-order valence-electron chi connectivity index (χ0n) is 16.3. The first-order valence-electron chi connectivity index (χ1n) is 9.72. The van der Waals surface area contributed by atoms with Crippen molar-refractivity contribution in [1.82, 2.24) is 14.5 Å². The number of anilines is 1. The Balaban J connectivity index is 1.45. The average molecular weight is 403 g/mol. The first-order chi connectivity index (χ1) is 14.5. The molecule has 1 fully saturated rings. The van der Waals surface area contributed by atoms with Gasteiger partial charge in [-0.2, -0.15) is 0 Å². The van der Waals surface area contributed by atoms with Gasteiger partial charge in [-0.1, -0.05) is 6.57 Å². The number of pyridine rings is 2. The Kier molecular flexibility index (Phi) is 4.24. The van der Waals surface area contributed by atoms with Crippen LogP contribution in [-0.4, -0.2) is 27.6 Å². The number of halogens is 1. The van der Waals surface area contributed by atoms with Crippen molar-refractivity contribution in [3.8, 4) is 0 Å². The first-order valence-corrected chi connectivity index (χ1v) is 9.72. The van der Waals surface area contributed by atoms with Crippen molar-refractivity contribution >= 4 is 33.6 Å². The van der Waals surface area contributed by atoms with E-state index in [1.807, 2.05) is 0 Å². The van der Waals surface area contributed by atoms with Crippen molar-refractivity contribution in [2.45, 2.75) is 18.8 Å². The minimum Gasteiger partial charge on any atom is -0.440 e. The van der Waals surface area contributed by atoms with Crippen LogP contribution in [0, 0.1) is 12.4 Å². The molecule has 0 atom stereocenters. The highest BCUT2D eigenvalue weighted by Gasteiger charge is 2.27. The second-order valence-electron chi connectivity index (χ2n) is 7.50. The van der Waals surface area contributed by atoms with Gasteiger partial charge in [-0.25, -0.2) is 9.37 Å². The van der Waals surface area contributed by atoms with Gasteiger partial charge >= 0.3 is 0 Å². The summed E-state index contributed by atoms with van der Waals surface area (Å²) in [6.45, 7) is 8.65. The standard InChI is InChI=1S/C22H18FN5O2/c1-24-19-6-4-16-21(26-19)17(12-20(29)27(16)2)28-9-7-13(8-10-28)22-25-15-11-14(23)3-5-18(15)30-22/h3-6,11-13H,7-10H2,2H3. The van der Waals surface area contributed by atoms with E-state index in [9.17, 15) is 9.18 Å². The molecule has 1 aromatic carbocycles. The zero-order chi connectivity index (χ0) is 20.8. The number of piperidine rings is 1. The summed E-state index contributed by atoms with van der Waals surface area (Å²) in [4.78, 5) is 26.9. The maximum absolute atomic E-state index is 13.4. The van der Waals surface area contributed by atoms with Gasteiger partial charge in [-0.3, -0.25) is 4.79 Å². The minimum absolute atomic E-state index is 0.113. The number of hydrogen-bond donors (Lipinski definition) is 0. The molecular weight excluding hydrogens is 385 g/mol. The number of aryl methyl sites for hydroxylation is 1. The molecule has 1 aliphatic heterocycles. The van der Waals surface area contributed by atoms with E-state index >= 15 is 0 Å². The number of fused-ring (bicyclic) bond motifs is 2. The third-order valence-corrected chi connectivity index (χ3v) is 5.72. The van der Waals surface area contributed by atoms with Crippen molar-refractivity contribution in [2.75, 3.05) is 18.0 Å². The number of oxazole rings is 1. The highest BCUT2D eigenvalue weighted by molar-refractivity contribution is 5.89. The summed E-state index contributed by atoms with van der Waals surface area (Å²) in [5.41, 5.74) is 3.10. The van der Waals surface area contributed by atoms with E-state index in [0.29, 0.717) is 46.9 Å². The number of hydrogen-bond acceptors (Lipinski definition) is 5. The monoisotopic (exact) mass is 403 g/mol. The van der Waals surface area contributed by atoms with Crippen molar-refractivity contribution in [1.29, 1.82) is 0 Å². The van der Waals surface area contributed by atoms with E-state index in [2.05, 4.69) is 19.7 Å². The Morgan fingerprint density at radius 1 is 1.17 bits per heavy atom. The van der Waals surface area contributed by atoms with E-state index in [-0.39, 0.29) is 17.3 Å². The second-order valence-corrected chi connectivity index (χ2v) is 7.50. The molecule has 0 spiro atoms. The van der Waals surface area contributed by atoms with Crippen LogP contribution in [0.1, 0.15) is 24.7 Å². The van der Waals surface area contributed by atoms with Crippen LogP contribution in [0.4, 0.5) is 15.9 Å². The molecule has 7 nitrogen and oxygen atoms in total. The minimum atomic E-state index is -0.332. The predicted molar refractivity (Wildman–Crippen MR) is 111 cm³/mol. The Morgan fingerprint density at radius 3 is 2.73 bits per heavy atom. The molecule has 3 aromatic heterocycles. The smallest absolute Gasteiger partial charge is 0.270 e. The van der Waals surface area contributed by atoms with Crippen LogP contribution in [-0.2, 0) is 7.05 Å². The van der Waals surface area contributed by atoms with E-state index in [1.54, 1.807) is 35.9 Å². The van der Waals surface area contributed by atoms with Gasteiger partial charge in [-0.05, 0) is 37.1 Å². The molecule has 0 aliphatic carbocycles. The van der Waals surface area contributed by atoms with Crippen LogP contribution in [0.15, 0.2) is 45.6 Å². The van der Waals surface area contributed by atoms with Gasteiger partial charge in [0.1, 0.15) is 11.3 Å². The van der Waals surface area contributed by atoms with Crippen molar-refractivity contribution in [3.05, 3.63) is 69.9 Å². The van der Waals surface area contributed by atoms with Crippen LogP contribution in [0.3, 0.4) is 0 Å². The fraction of sp³-hybridized carbons (Fsp3) is 0.273. The van der Waals surface area contributed by atoms with Crippen molar-refractivity contribution in [3.63, 3.8) is 0 Å². The van der Waals surface area contributed by atoms with Crippen molar-refractivity contribution < 1.29 is 8.81 Å². The van der Waals surface area contributed by atoms with Crippen LogP contribution in [0.5, 0.6) is 0 Å². The topological polar surface area (TPSA) is 68.5 Å². The zero-order valence-corrected chi connectivity index (χ0v) is 16.3. The van der Waals surface area contributed by atoms with Gasteiger partial charge < -0.3 is 18.7 Å². The SMILES string of the molecule is [C-]#[N+]c1ccc2c(n1)c(N1CCC(c3nc4cc(F)ccc4o3)CC1)cc(=O)n2C. The summed E-state index contributed by atoms with van der Waals surface area (Å²) in [6, 6.07) is 9.33. The molecule has 0 N–H and O–H groups in total. The molecule has 0 radical (unpaired) electrons. The summed E-state index contributed by atoms with van der Waals surface area (Å²) >= 11 is 0. The molecule has 1 aliphatic rings. The Labute approximate surface area is 171 Å². The summed E-state index contributed by atoms with van der Waals surface area (Å²) in [5.74, 6) is 0.718. The summed E-state index contributed by atoms with van der Waals surface area (Å²) in [7, 11) is 1.70. The lowest BCUT2D eigenvalue weighted by Gasteiger charge is -2.32. The molecule has 8 heteroatoms. The van der Waals surface area contributed by atoms with Gasteiger partial charge in [0.2, 0.25) is 5.52 Å². The molecular formula is C22H18FN5O2. The fourth-order valence-corrected chi connectivity index (χ4v) is 4.07. The Bertz CT molecular complexity index is 1380. The maximum atomic E-state index is 13.4. The summed E-state index contributed by atoms with van der Waals surface area (Å²) in [5, 5.41) is 0. The van der Waals surface area contributed by atoms with Gasteiger partial charge in [0.25, 0.3) is 11.4 Å². The molecule has 0 bridgehead atoms. The molecule has 4 heterocycles. The van der Waals surface area contributed by atoms with Gasteiger partial charge in [-0.15, -0.1) is 4.98 Å². The molecule has 0 unspecified atom stereocenters. The normalized spacial score (nSPS) is 15.0. The number of aromatic nitrogens is 3. The molecule has 150 valence electrons. The van der Waals surface area contributed by atoms with Crippen LogP contribution >= 0.6 is 0 Å². The van der Waals surface area contributed by atoms with Crippen LogP contribution in [0.2, 0.25) is 0 Å². The summed E-state index contributed by atoms with van der Waals surface area (Å²) < 4.78 is 20.8. The van der Waals surface area contributed by atoms with Crippen LogP contribution < -0.4 is 10.5 Å². The Morgan fingerprint density at radius 2 is 1.97 bits per heavy atom. The van der Waals surface area contributed by atoms with E-state index < -0.39 is 0 Å². The first kappa shape index (κ1) is 18.3. The lowest BCUT2D eigenvalue weighted by atomic mass is 9.96. The highest BCUT2D eigenvalue weighted by Crippen LogP contribution is 2.34. The summed E-state index contributed by atoms with van der Waals surface area (Å²) in [6.07, 6.45) is 1.57. The van der Waals surface area contributed by atoms with Gasteiger partial charge in [0, 0.05) is 38.2 Å². The average Bonchev–Trinajstić information content (AvgIpc) is 3.19. The quantitative estimate of drug-likeness (QED) is 0.471. The third kappa shape index (κ3) is 2.99. The van der Waals surface area contributed by atoms with Crippen LogP contribution in [0.25, 0.3) is 27.0 Å². The molecule has 1 saturated heterocycles. The molecule has 0 saturated carbocycles. The molecule has 5 rings (SSSR count). The second kappa shape index (κ2) is 6.95. The number of rotatable bonds is 2. The van der Waals surface area contributed by atoms with Crippen molar-refractivity contribution in [2.24, 2.45) is 7.05 Å². The molecule has 4 aromatic rings. The lowest BCUT2D eigenvalue weighted by molar-refractivity contribution is 0.407. The van der Waals surface area contributed by atoms with Gasteiger partial charge in [0.15, 0.2) is 11.5 Å².